The number of aryl methyl sites for hydroxylation is 1. The number of halogens is 4. The quantitative estimate of drug-likeness (QED) is 0.797. The van der Waals surface area contributed by atoms with Crippen molar-refractivity contribution < 1.29 is 32.2 Å². The molecular weight excluding hydrogens is 338 g/mol. The molecule has 23 heavy (non-hydrogen) atoms. The van der Waals surface area contributed by atoms with E-state index in [1.807, 2.05) is 0 Å². The van der Waals surface area contributed by atoms with Crippen molar-refractivity contribution in [3.63, 3.8) is 0 Å². The lowest BCUT2D eigenvalue weighted by atomic mass is 9.83. The number of ether oxygens (including phenoxy) is 1. The van der Waals surface area contributed by atoms with Crippen LogP contribution in [0.5, 0.6) is 5.75 Å². The van der Waals surface area contributed by atoms with Crippen LogP contribution in [-0.4, -0.2) is 35.7 Å². The molecule has 1 aliphatic carbocycles. The summed E-state index contributed by atoms with van der Waals surface area (Å²) in [7, 11) is 0. The monoisotopic (exact) mass is 355 g/mol. The zero-order valence-electron chi connectivity index (χ0n) is 12.4. The Hall–Kier alpha value is -1.35. The normalized spacial score (nSPS) is 19.6. The molecule has 1 saturated carbocycles. The van der Waals surface area contributed by atoms with Gasteiger partial charge in [-0.25, -0.2) is 8.78 Å². The number of hydrogen-bond acceptors (Lipinski definition) is 4. The molecule has 0 aliphatic heterocycles. The molecule has 1 fully saturated rings. The molecular formula is C14H17F4NO3S. The number of amides is 1. The summed E-state index contributed by atoms with van der Waals surface area (Å²) >= 11 is 0.978. The number of carbonyl (C=O) groups is 1. The molecule has 1 heterocycles. The molecule has 130 valence electrons. The fraction of sp³-hybridized carbons (Fsp3) is 0.643. The van der Waals surface area contributed by atoms with Crippen LogP contribution in [0.1, 0.15) is 40.2 Å². The Morgan fingerprint density at radius 3 is 2.57 bits per heavy atom. The van der Waals surface area contributed by atoms with Gasteiger partial charge in [0.2, 0.25) is 5.92 Å². The van der Waals surface area contributed by atoms with Crippen LogP contribution < -0.4 is 10.1 Å². The zero-order valence-corrected chi connectivity index (χ0v) is 13.2. The van der Waals surface area contributed by atoms with Gasteiger partial charge in [-0.15, -0.1) is 11.3 Å². The molecule has 9 heteroatoms. The first-order valence-electron chi connectivity index (χ1n) is 7.04. The van der Waals surface area contributed by atoms with Gasteiger partial charge in [0.15, 0.2) is 0 Å². The third kappa shape index (κ3) is 4.81. The van der Waals surface area contributed by atoms with E-state index in [0.29, 0.717) is 4.88 Å². The highest BCUT2D eigenvalue weighted by Crippen LogP contribution is 2.38. The molecule has 0 spiro atoms. The second-order valence-electron chi connectivity index (χ2n) is 5.69. The zero-order chi connectivity index (χ0) is 17.3. The highest BCUT2D eigenvalue weighted by molar-refractivity contribution is 7.14. The second kappa shape index (κ2) is 6.64. The molecule has 0 bridgehead atoms. The summed E-state index contributed by atoms with van der Waals surface area (Å²) < 4.78 is 55.1. The minimum absolute atomic E-state index is 0.0347. The Kier molecular flexibility index (Phi) is 5.20. The molecule has 1 aromatic rings. The summed E-state index contributed by atoms with van der Waals surface area (Å²) in [6.45, 7) is -1.64. The molecule has 2 N–H and O–H groups in total. The summed E-state index contributed by atoms with van der Waals surface area (Å²) in [5, 5.41) is 12.6. The maximum absolute atomic E-state index is 13.1. The second-order valence-corrected chi connectivity index (χ2v) is 6.95. The topological polar surface area (TPSA) is 58.6 Å². The molecule has 0 saturated heterocycles. The fourth-order valence-corrected chi connectivity index (χ4v) is 3.28. The molecule has 0 atom stereocenters. The maximum Gasteiger partial charge on any atom is 0.387 e. The van der Waals surface area contributed by atoms with Crippen molar-refractivity contribution in [3.05, 3.63) is 15.8 Å². The molecule has 0 unspecified atom stereocenters. The third-order valence-corrected chi connectivity index (χ3v) is 4.76. The van der Waals surface area contributed by atoms with Crippen LogP contribution in [0.4, 0.5) is 17.6 Å². The van der Waals surface area contributed by atoms with Crippen molar-refractivity contribution in [2.45, 2.75) is 50.7 Å². The van der Waals surface area contributed by atoms with Crippen molar-refractivity contribution in [3.8, 4) is 5.75 Å². The molecule has 0 radical (unpaired) electrons. The first kappa shape index (κ1) is 18.0. The van der Waals surface area contributed by atoms with Gasteiger partial charge in [0.25, 0.3) is 5.91 Å². The highest BCUT2D eigenvalue weighted by atomic mass is 32.1. The predicted octanol–water partition coefficient (Wildman–Crippen LogP) is 3.33. The van der Waals surface area contributed by atoms with Gasteiger partial charge in [0.1, 0.15) is 10.6 Å². The van der Waals surface area contributed by atoms with Crippen LogP contribution in [0.15, 0.2) is 6.07 Å². The van der Waals surface area contributed by atoms with Crippen molar-refractivity contribution >= 4 is 17.2 Å². The van der Waals surface area contributed by atoms with Gasteiger partial charge in [-0.1, -0.05) is 0 Å². The number of rotatable bonds is 5. The fourth-order valence-electron chi connectivity index (χ4n) is 2.42. The van der Waals surface area contributed by atoms with E-state index in [9.17, 15) is 27.5 Å². The number of alkyl halides is 4. The van der Waals surface area contributed by atoms with E-state index in [0.717, 1.165) is 11.3 Å². The summed E-state index contributed by atoms with van der Waals surface area (Å²) in [5.74, 6) is -3.70. The summed E-state index contributed by atoms with van der Waals surface area (Å²) in [6, 6.07) is 1.32. The van der Waals surface area contributed by atoms with Crippen LogP contribution in [0.25, 0.3) is 0 Å². The van der Waals surface area contributed by atoms with Gasteiger partial charge in [0.05, 0.1) is 5.60 Å². The maximum atomic E-state index is 13.1. The average Bonchev–Trinajstić information content (AvgIpc) is 2.80. The number of hydrogen-bond donors (Lipinski definition) is 2. The first-order valence-corrected chi connectivity index (χ1v) is 7.86. The Balaban J connectivity index is 1.97. The van der Waals surface area contributed by atoms with Gasteiger partial charge in [-0.3, -0.25) is 4.79 Å². The van der Waals surface area contributed by atoms with Crippen molar-refractivity contribution in [1.29, 1.82) is 0 Å². The van der Waals surface area contributed by atoms with Crippen molar-refractivity contribution in [1.82, 2.24) is 5.32 Å². The van der Waals surface area contributed by atoms with E-state index >= 15 is 0 Å². The predicted molar refractivity (Wildman–Crippen MR) is 76.4 cm³/mol. The number of thiophene rings is 1. The van der Waals surface area contributed by atoms with Crippen LogP contribution >= 0.6 is 11.3 Å². The molecule has 4 nitrogen and oxygen atoms in total. The lowest BCUT2D eigenvalue weighted by Gasteiger charge is -2.35. The standard InChI is InChI=1S/C14H17F4NO3S/c1-8-6-9(22-12(15)16)10(23-8)11(20)19-7-13(21)2-4-14(17,18)5-3-13/h6,12,21H,2-5,7H2,1H3,(H,19,20). The summed E-state index contributed by atoms with van der Waals surface area (Å²) in [5.41, 5.74) is -1.41. The van der Waals surface area contributed by atoms with E-state index in [1.54, 1.807) is 6.92 Å². The lowest BCUT2D eigenvalue weighted by molar-refractivity contribution is -0.101. The number of carbonyl (C=O) groups excluding carboxylic acids is 1. The largest absolute Gasteiger partial charge is 0.433 e. The lowest BCUT2D eigenvalue weighted by Crippen LogP contribution is -2.47. The van der Waals surface area contributed by atoms with Crippen molar-refractivity contribution in [2.75, 3.05) is 6.54 Å². The van der Waals surface area contributed by atoms with E-state index in [1.165, 1.54) is 6.07 Å². The number of nitrogens with one attached hydrogen (secondary N) is 1. The molecule has 0 aromatic carbocycles. The van der Waals surface area contributed by atoms with Gasteiger partial charge in [0, 0.05) is 24.3 Å². The first-order chi connectivity index (χ1) is 10.6. The molecule has 1 amide bonds. The summed E-state index contributed by atoms with van der Waals surface area (Å²) in [6.07, 6.45) is -1.16. The molecule has 1 aromatic heterocycles. The third-order valence-electron chi connectivity index (χ3n) is 3.73. The van der Waals surface area contributed by atoms with Crippen molar-refractivity contribution in [2.24, 2.45) is 0 Å². The van der Waals surface area contributed by atoms with E-state index < -0.39 is 36.9 Å². The van der Waals surface area contributed by atoms with Crippen LogP contribution in [0.2, 0.25) is 0 Å². The van der Waals surface area contributed by atoms with E-state index in [-0.39, 0.29) is 30.0 Å². The van der Waals surface area contributed by atoms with Crippen LogP contribution in [-0.2, 0) is 0 Å². The SMILES string of the molecule is Cc1cc(OC(F)F)c(C(=O)NCC2(O)CCC(F)(F)CC2)s1. The van der Waals surface area contributed by atoms with Gasteiger partial charge < -0.3 is 15.2 Å². The smallest absolute Gasteiger partial charge is 0.387 e. The Morgan fingerprint density at radius 1 is 1.39 bits per heavy atom. The van der Waals surface area contributed by atoms with Gasteiger partial charge in [-0.2, -0.15) is 8.78 Å². The van der Waals surface area contributed by atoms with E-state index in [4.69, 9.17) is 0 Å². The molecule has 1 aliphatic rings. The Morgan fingerprint density at radius 2 is 2.00 bits per heavy atom. The van der Waals surface area contributed by atoms with Gasteiger partial charge >= 0.3 is 6.61 Å². The van der Waals surface area contributed by atoms with Crippen LogP contribution in [0, 0.1) is 6.92 Å². The summed E-state index contributed by atoms with van der Waals surface area (Å²) in [4.78, 5) is 12.7. The Bertz CT molecular complexity index is 566. The Labute approximate surface area is 134 Å². The average molecular weight is 355 g/mol. The minimum atomic E-state index is -3.06. The highest BCUT2D eigenvalue weighted by Gasteiger charge is 2.42. The van der Waals surface area contributed by atoms with Gasteiger partial charge in [-0.05, 0) is 25.8 Å². The minimum Gasteiger partial charge on any atom is -0.433 e. The number of aliphatic hydroxyl groups is 1. The molecule has 2 rings (SSSR count). The van der Waals surface area contributed by atoms with E-state index in [2.05, 4.69) is 10.1 Å². The van der Waals surface area contributed by atoms with Crippen LogP contribution in [0.3, 0.4) is 0 Å².